The van der Waals surface area contributed by atoms with Crippen molar-refractivity contribution < 1.29 is 31.1 Å². The Labute approximate surface area is 91.7 Å². The van der Waals surface area contributed by atoms with Gasteiger partial charge in [-0.1, -0.05) is 33.1 Å². The minimum atomic E-state index is -2.96. The van der Waals surface area contributed by atoms with Crippen LogP contribution < -0.4 is 4.89 Å². The van der Waals surface area contributed by atoms with E-state index in [2.05, 4.69) is 18.4 Å². The summed E-state index contributed by atoms with van der Waals surface area (Å²) in [5.41, 5.74) is 0. The number of hydrogen-bond acceptors (Lipinski definition) is 3. The summed E-state index contributed by atoms with van der Waals surface area (Å²) in [6.45, 7) is 4.56. The van der Waals surface area contributed by atoms with E-state index in [1.165, 1.54) is 0 Å². The van der Waals surface area contributed by atoms with E-state index >= 15 is 0 Å². The first-order valence-corrected chi connectivity index (χ1v) is 5.76. The summed E-state index contributed by atoms with van der Waals surface area (Å²) >= 11 is 0. The van der Waals surface area contributed by atoms with Gasteiger partial charge < -0.3 is 14.0 Å². The number of hydrogen-bond donors (Lipinski definition) is 0. The summed E-state index contributed by atoms with van der Waals surface area (Å²) < 4.78 is 14.7. The molecular formula is C8H18CuO3P. The first-order chi connectivity index (χ1) is 5.70. The van der Waals surface area contributed by atoms with E-state index in [-0.39, 0.29) is 17.1 Å². The molecule has 3 nitrogen and oxygen atoms in total. The summed E-state index contributed by atoms with van der Waals surface area (Å²) in [7, 11) is -2.96. The van der Waals surface area contributed by atoms with Crippen molar-refractivity contribution in [1.82, 2.24) is 0 Å². The number of unbranched alkanes of at least 4 members (excludes halogenated alkanes) is 1. The van der Waals surface area contributed by atoms with Crippen molar-refractivity contribution in [1.29, 1.82) is 0 Å². The quantitative estimate of drug-likeness (QED) is 0.517. The first-order valence-electron chi connectivity index (χ1n) is 4.54. The van der Waals surface area contributed by atoms with E-state index in [0.717, 1.165) is 25.7 Å². The Morgan fingerprint density at radius 1 is 1.46 bits per heavy atom. The van der Waals surface area contributed by atoms with Crippen LogP contribution in [0.25, 0.3) is 0 Å². The summed E-state index contributed by atoms with van der Waals surface area (Å²) in [6.07, 6.45) is 4.38. The molecule has 13 heavy (non-hydrogen) atoms. The van der Waals surface area contributed by atoms with Gasteiger partial charge >= 0.3 is 17.1 Å². The van der Waals surface area contributed by atoms with Crippen molar-refractivity contribution in [3.05, 3.63) is 0 Å². The second kappa shape index (κ2) is 10.7. The topological polar surface area (TPSA) is 49.4 Å². The Morgan fingerprint density at radius 3 is 2.46 bits per heavy atom. The van der Waals surface area contributed by atoms with Crippen LogP contribution in [0.1, 0.15) is 39.5 Å². The molecule has 0 aliphatic carbocycles. The maximum atomic E-state index is 10.1. The molecule has 5 heteroatoms. The van der Waals surface area contributed by atoms with E-state index in [0.29, 0.717) is 12.5 Å². The van der Waals surface area contributed by atoms with Crippen molar-refractivity contribution in [2.75, 3.05) is 6.61 Å². The monoisotopic (exact) mass is 256 g/mol. The van der Waals surface area contributed by atoms with Crippen LogP contribution in [0.5, 0.6) is 0 Å². The molecule has 0 heterocycles. The van der Waals surface area contributed by atoms with Gasteiger partial charge in [0.1, 0.15) is 8.25 Å². The van der Waals surface area contributed by atoms with Crippen molar-refractivity contribution in [2.45, 2.75) is 39.5 Å². The Hall–Kier alpha value is 0.669. The van der Waals surface area contributed by atoms with E-state index in [1.807, 2.05) is 0 Å². The van der Waals surface area contributed by atoms with Crippen molar-refractivity contribution in [3.8, 4) is 0 Å². The van der Waals surface area contributed by atoms with E-state index in [4.69, 9.17) is 0 Å². The van der Waals surface area contributed by atoms with Crippen LogP contribution in [0.2, 0.25) is 0 Å². The van der Waals surface area contributed by atoms with Gasteiger partial charge in [-0.3, -0.25) is 0 Å². The standard InChI is InChI=1S/C8H19O3P.Cu/c1-3-5-6-8(4-2)7-11-12(9)10;/h8,12H,3-7H2,1-2H3,(H,9,10);/q;+1/p-1. The summed E-state index contributed by atoms with van der Waals surface area (Å²) in [6, 6.07) is 0. The molecule has 0 aromatic heterocycles. The molecule has 0 aliphatic rings. The van der Waals surface area contributed by atoms with Gasteiger partial charge in [-0.25, -0.2) is 0 Å². The van der Waals surface area contributed by atoms with Gasteiger partial charge in [-0.05, 0) is 12.3 Å². The van der Waals surface area contributed by atoms with E-state index in [1.54, 1.807) is 0 Å². The van der Waals surface area contributed by atoms with Crippen molar-refractivity contribution in [2.24, 2.45) is 5.92 Å². The third-order valence-corrected chi connectivity index (χ3v) is 2.38. The molecular weight excluding hydrogens is 239 g/mol. The van der Waals surface area contributed by atoms with Crippen LogP contribution in [-0.2, 0) is 26.2 Å². The predicted octanol–water partition coefficient (Wildman–Crippen LogP) is 1.97. The van der Waals surface area contributed by atoms with Gasteiger partial charge in [0.2, 0.25) is 0 Å². The molecule has 2 unspecified atom stereocenters. The van der Waals surface area contributed by atoms with E-state index < -0.39 is 8.25 Å². The zero-order chi connectivity index (χ0) is 9.40. The van der Waals surface area contributed by atoms with Gasteiger partial charge in [0.25, 0.3) is 0 Å². The minimum Gasteiger partial charge on any atom is -0.781 e. The zero-order valence-corrected chi connectivity index (χ0v) is 10.1. The smallest absolute Gasteiger partial charge is 0.781 e. The van der Waals surface area contributed by atoms with Gasteiger partial charge in [-0.2, -0.15) is 0 Å². The average molecular weight is 257 g/mol. The fourth-order valence-corrected chi connectivity index (χ4v) is 1.46. The average Bonchev–Trinajstić information content (AvgIpc) is 2.05. The largest absolute Gasteiger partial charge is 1.00 e. The van der Waals surface area contributed by atoms with Crippen LogP contribution in [0.4, 0.5) is 0 Å². The molecule has 0 spiro atoms. The SMILES string of the molecule is CCCCC(CC)CO[PH](=O)[O-].[Cu+]. The Morgan fingerprint density at radius 2 is 2.08 bits per heavy atom. The summed E-state index contributed by atoms with van der Waals surface area (Å²) in [5, 5.41) is 0. The minimum absolute atomic E-state index is 0. The van der Waals surface area contributed by atoms with Crippen LogP contribution in [0, 0.1) is 5.92 Å². The molecule has 2 atom stereocenters. The zero-order valence-electron chi connectivity index (χ0n) is 8.14. The molecule has 0 radical (unpaired) electrons. The molecule has 0 rings (SSSR count). The summed E-state index contributed by atoms with van der Waals surface area (Å²) in [4.78, 5) is 10.1. The molecule has 84 valence electrons. The molecule has 0 bridgehead atoms. The molecule has 0 N–H and O–H groups in total. The van der Waals surface area contributed by atoms with E-state index in [9.17, 15) is 9.46 Å². The normalized spacial score (nSPS) is 14.7. The van der Waals surface area contributed by atoms with Crippen molar-refractivity contribution >= 4 is 8.25 Å². The molecule has 0 saturated carbocycles. The maximum absolute atomic E-state index is 10.1. The van der Waals surface area contributed by atoms with Crippen LogP contribution in [-0.4, -0.2) is 6.61 Å². The Kier molecular flexibility index (Phi) is 13.3. The van der Waals surface area contributed by atoms with Crippen LogP contribution >= 0.6 is 8.25 Å². The maximum Gasteiger partial charge on any atom is 1.00 e. The molecule has 0 aliphatic heterocycles. The van der Waals surface area contributed by atoms with Crippen LogP contribution in [0.3, 0.4) is 0 Å². The molecule has 0 amide bonds. The fourth-order valence-electron chi connectivity index (χ4n) is 1.08. The van der Waals surface area contributed by atoms with Gasteiger partial charge in [0.05, 0.1) is 6.61 Å². The molecule has 0 saturated heterocycles. The third-order valence-electron chi connectivity index (χ3n) is 1.98. The van der Waals surface area contributed by atoms with Crippen LogP contribution in [0.15, 0.2) is 0 Å². The molecule has 0 fully saturated rings. The first kappa shape index (κ1) is 16.1. The second-order valence-corrected chi connectivity index (χ2v) is 3.77. The Bertz CT molecular complexity index is 133. The fraction of sp³-hybridized carbons (Fsp3) is 1.00. The van der Waals surface area contributed by atoms with Crippen molar-refractivity contribution in [3.63, 3.8) is 0 Å². The molecule has 0 aromatic rings. The van der Waals surface area contributed by atoms with Gasteiger partial charge in [-0.15, -0.1) is 0 Å². The predicted molar refractivity (Wildman–Crippen MR) is 48.3 cm³/mol. The third kappa shape index (κ3) is 10.6. The second-order valence-electron chi connectivity index (χ2n) is 2.98. The molecule has 0 aromatic carbocycles. The number of rotatable bonds is 7. The van der Waals surface area contributed by atoms with Gasteiger partial charge in [0.15, 0.2) is 0 Å². The van der Waals surface area contributed by atoms with Gasteiger partial charge in [0, 0.05) is 0 Å². The summed E-state index contributed by atoms with van der Waals surface area (Å²) in [5.74, 6) is 0.410. The Balaban J connectivity index is 0.